The molecular formula is C20H25ClO4. The molecule has 0 saturated heterocycles. The average molecular weight is 365 g/mol. The zero-order chi connectivity index (χ0) is 17.2. The first-order chi connectivity index (χ1) is 11.7. The van der Waals surface area contributed by atoms with Crippen molar-refractivity contribution in [1.82, 2.24) is 0 Å². The summed E-state index contributed by atoms with van der Waals surface area (Å²) in [4.78, 5) is 11.9. The van der Waals surface area contributed by atoms with Gasteiger partial charge in [0.25, 0.3) is 0 Å². The van der Waals surface area contributed by atoms with Gasteiger partial charge in [-0.05, 0) is 37.1 Å². The fourth-order valence-corrected chi connectivity index (χ4v) is 2.32. The van der Waals surface area contributed by atoms with Gasteiger partial charge in [-0.2, -0.15) is 0 Å². The first-order valence-corrected chi connectivity index (χ1v) is 8.26. The lowest BCUT2D eigenvalue weighted by atomic mass is 10.1. The second kappa shape index (κ2) is 11.5. The van der Waals surface area contributed by atoms with E-state index >= 15 is 0 Å². The van der Waals surface area contributed by atoms with Crippen LogP contribution in [0.2, 0.25) is 0 Å². The van der Waals surface area contributed by atoms with Crippen molar-refractivity contribution in [1.29, 1.82) is 0 Å². The van der Waals surface area contributed by atoms with Gasteiger partial charge >= 0.3 is 5.97 Å². The Morgan fingerprint density at radius 1 is 0.920 bits per heavy atom. The molecule has 2 aromatic rings. The molecule has 0 N–H and O–H groups in total. The van der Waals surface area contributed by atoms with Crippen LogP contribution in [0.5, 0.6) is 5.75 Å². The topological polar surface area (TPSA) is 44.8 Å². The van der Waals surface area contributed by atoms with Gasteiger partial charge in [-0.1, -0.05) is 42.5 Å². The molecule has 0 aliphatic carbocycles. The third kappa shape index (κ3) is 7.16. The van der Waals surface area contributed by atoms with Gasteiger partial charge in [-0.3, -0.25) is 0 Å². The highest BCUT2D eigenvalue weighted by Crippen LogP contribution is 2.16. The van der Waals surface area contributed by atoms with Crippen LogP contribution in [0.15, 0.2) is 54.6 Å². The van der Waals surface area contributed by atoms with Gasteiger partial charge in [0, 0.05) is 13.0 Å². The van der Waals surface area contributed by atoms with E-state index in [1.165, 1.54) is 0 Å². The van der Waals surface area contributed by atoms with Crippen LogP contribution < -0.4 is 4.74 Å². The summed E-state index contributed by atoms with van der Waals surface area (Å²) >= 11 is 0. The molecule has 0 aromatic heterocycles. The van der Waals surface area contributed by atoms with Crippen molar-refractivity contribution in [3.63, 3.8) is 0 Å². The number of hydrogen-bond donors (Lipinski definition) is 0. The normalized spacial score (nSPS) is 11.3. The van der Waals surface area contributed by atoms with Gasteiger partial charge < -0.3 is 14.2 Å². The van der Waals surface area contributed by atoms with E-state index in [0.717, 1.165) is 16.9 Å². The number of ether oxygens (including phenoxy) is 3. The van der Waals surface area contributed by atoms with E-state index in [4.69, 9.17) is 14.2 Å². The van der Waals surface area contributed by atoms with Gasteiger partial charge in [0.05, 0.1) is 6.61 Å². The van der Waals surface area contributed by atoms with Gasteiger partial charge in [0.15, 0.2) is 6.10 Å². The maximum absolute atomic E-state index is 11.9. The number of hydrogen-bond acceptors (Lipinski definition) is 4. The smallest absolute Gasteiger partial charge is 0.335 e. The van der Waals surface area contributed by atoms with E-state index < -0.39 is 6.10 Å². The monoisotopic (exact) mass is 364 g/mol. The Morgan fingerprint density at radius 2 is 1.60 bits per heavy atom. The zero-order valence-corrected chi connectivity index (χ0v) is 15.5. The highest BCUT2D eigenvalue weighted by atomic mass is 35.5. The van der Waals surface area contributed by atoms with Gasteiger partial charge in [-0.25, -0.2) is 4.79 Å². The molecule has 0 bridgehead atoms. The molecular weight excluding hydrogens is 340 g/mol. The number of halogens is 1. The second-order valence-corrected chi connectivity index (χ2v) is 5.32. The lowest BCUT2D eigenvalue weighted by Gasteiger charge is -2.15. The van der Waals surface area contributed by atoms with Crippen LogP contribution in [0.1, 0.15) is 25.0 Å². The van der Waals surface area contributed by atoms with Crippen molar-refractivity contribution < 1.29 is 19.0 Å². The molecule has 0 amide bonds. The van der Waals surface area contributed by atoms with Crippen LogP contribution in [0.25, 0.3) is 0 Å². The molecule has 0 aliphatic rings. The first-order valence-electron chi connectivity index (χ1n) is 8.26. The molecule has 25 heavy (non-hydrogen) atoms. The molecule has 2 aromatic carbocycles. The molecule has 136 valence electrons. The SMILES string of the molecule is CCOC(=O)[C@H](Cc1ccc(OCc2ccccc2)cc1)OCC.Cl. The lowest BCUT2D eigenvalue weighted by molar-refractivity contribution is -0.156. The number of rotatable bonds is 9. The number of benzene rings is 2. The summed E-state index contributed by atoms with van der Waals surface area (Å²) in [6.45, 7) is 5.02. The summed E-state index contributed by atoms with van der Waals surface area (Å²) in [7, 11) is 0. The van der Waals surface area contributed by atoms with Crippen molar-refractivity contribution in [2.75, 3.05) is 13.2 Å². The second-order valence-electron chi connectivity index (χ2n) is 5.32. The minimum Gasteiger partial charge on any atom is -0.489 e. The van der Waals surface area contributed by atoms with Crippen LogP contribution >= 0.6 is 12.4 Å². The number of carbonyl (C=O) groups is 1. The Kier molecular flexibility index (Phi) is 9.66. The molecule has 2 rings (SSSR count). The van der Waals surface area contributed by atoms with Crippen molar-refractivity contribution in [3.05, 3.63) is 65.7 Å². The van der Waals surface area contributed by atoms with E-state index in [1.54, 1.807) is 6.92 Å². The third-order valence-electron chi connectivity index (χ3n) is 3.51. The van der Waals surface area contributed by atoms with Crippen molar-refractivity contribution >= 4 is 18.4 Å². The van der Waals surface area contributed by atoms with Gasteiger partial charge in [-0.15, -0.1) is 12.4 Å². The zero-order valence-electron chi connectivity index (χ0n) is 14.6. The summed E-state index contributed by atoms with van der Waals surface area (Å²) in [5.41, 5.74) is 2.13. The van der Waals surface area contributed by atoms with Crippen LogP contribution in [0, 0.1) is 0 Å². The summed E-state index contributed by atoms with van der Waals surface area (Å²) in [5, 5.41) is 0. The van der Waals surface area contributed by atoms with E-state index in [2.05, 4.69) is 0 Å². The van der Waals surface area contributed by atoms with Gasteiger partial charge in [0.2, 0.25) is 0 Å². The van der Waals surface area contributed by atoms with Crippen LogP contribution in [0.4, 0.5) is 0 Å². The Labute approximate surface area is 155 Å². The Hall–Kier alpha value is -2.04. The average Bonchev–Trinajstić information content (AvgIpc) is 2.62. The first kappa shape index (κ1) is 21.0. The molecule has 0 saturated carbocycles. The predicted octanol–water partition coefficient (Wildman–Crippen LogP) is 4.20. The maximum atomic E-state index is 11.9. The molecule has 1 atom stereocenters. The van der Waals surface area contributed by atoms with Crippen molar-refractivity contribution in [2.45, 2.75) is 33.0 Å². The van der Waals surface area contributed by atoms with Crippen LogP contribution in [0.3, 0.4) is 0 Å². The highest BCUT2D eigenvalue weighted by molar-refractivity contribution is 5.85. The summed E-state index contributed by atoms with van der Waals surface area (Å²) in [6.07, 6.45) is -0.0721. The molecule has 0 fully saturated rings. The fourth-order valence-electron chi connectivity index (χ4n) is 2.32. The molecule has 0 unspecified atom stereocenters. The molecule has 0 spiro atoms. The standard InChI is InChI=1S/C20H24O4.ClH/c1-3-22-19(20(21)23-4-2)14-16-10-12-18(13-11-16)24-15-17-8-6-5-7-9-17;/h5-13,19H,3-4,14-15H2,1-2H3;1H/t19-;/m0./s1. The minimum absolute atomic E-state index is 0. The van der Waals surface area contributed by atoms with Crippen LogP contribution in [-0.4, -0.2) is 25.3 Å². The Balaban J connectivity index is 0.00000312. The quantitative estimate of drug-likeness (QED) is 0.625. The lowest BCUT2D eigenvalue weighted by Crippen LogP contribution is -2.28. The Morgan fingerprint density at radius 3 is 2.20 bits per heavy atom. The van der Waals surface area contributed by atoms with Crippen LogP contribution in [-0.2, 0) is 27.3 Å². The fraction of sp³-hybridized carbons (Fsp3) is 0.350. The summed E-state index contributed by atoms with van der Waals surface area (Å²) in [5.74, 6) is 0.482. The summed E-state index contributed by atoms with van der Waals surface area (Å²) in [6, 6.07) is 17.7. The predicted molar refractivity (Wildman–Crippen MR) is 100 cm³/mol. The maximum Gasteiger partial charge on any atom is 0.335 e. The van der Waals surface area contributed by atoms with Crippen molar-refractivity contribution in [3.8, 4) is 5.75 Å². The molecule has 0 aliphatic heterocycles. The van der Waals surface area contributed by atoms with E-state index in [-0.39, 0.29) is 18.4 Å². The molecule has 4 nitrogen and oxygen atoms in total. The number of carbonyl (C=O) groups excluding carboxylic acids is 1. The van der Waals surface area contributed by atoms with E-state index in [1.807, 2.05) is 61.5 Å². The van der Waals surface area contributed by atoms with E-state index in [0.29, 0.717) is 26.2 Å². The molecule has 0 radical (unpaired) electrons. The molecule has 5 heteroatoms. The van der Waals surface area contributed by atoms with E-state index in [9.17, 15) is 4.79 Å². The third-order valence-corrected chi connectivity index (χ3v) is 3.51. The molecule has 0 heterocycles. The van der Waals surface area contributed by atoms with Gasteiger partial charge in [0.1, 0.15) is 12.4 Å². The number of esters is 1. The minimum atomic E-state index is -0.564. The highest BCUT2D eigenvalue weighted by Gasteiger charge is 2.20. The largest absolute Gasteiger partial charge is 0.489 e. The Bertz CT molecular complexity index is 613. The summed E-state index contributed by atoms with van der Waals surface area (Å²) < 4.78 is 16.3. The van der Waals surface area contributed by atoms with Crippen molar-refractivity contribution in [2.24, 2.45) is 0 Å².